The third-order valence-corrected chi connectivity index (χ3v) is 2.47. The molecule has 0 saturated carbocycles. The van der Waals surface area contributed by atoms with Gasteiger partial charge in [-0.2, -0.15) is 4.39 Å². The Morgan fingerprint density at radius 3 is 2.76 bits per heavy atom. The van der Waals surface area contributed by atoms with E-state index in [4.69, 9.17) is 0 Å². The first-order valence-corrected chi connectivity index (χ1v) is 5.20. The van der Waals surface area contributed by atoms with E-state index >= 15 is 0 Å². The zero-order valence-electron chi connectivity index (χ0n) is 9.57. The molecule has 5 nitrogen and oxygen atoms in total. The van der Waals surface area contributed by atoms with Crippen molar-refractivity contribution >= 4 is 17.3 Å². The van der Waals surface area contributed by atoms with Gasteiger partial charge in [-0.15, -0.1) is 0 Å². The van der Waals surface area contributed by atoms with Gasteiger partial charge in [0, 0.05) is 17.7 Å². The van der Waals surface area contributed by atoms with Crippen LogP contribution in [0.2, 0.25) is 0 Å². The molecule has 6 heteroatoms. The zero-order chi connectivity index (χ0) is 13.0. The molecule has 1 rings (SSSR count). The number of nitro benzene ring substituents is 1. The third-order valence-electron chi connectivity index (χ3n) is 2.47. The highest BCUT2D eigenvalue weighted by molar-refractivity contribution is 5.92. The molecule has 0 aliphatic rings. The van der Waals surface area contributed by atoms with Crippen LogP contribution in [0.15, 0.2) is 18.2 Å². The molecule has 0 aliphatic carbocycles. The number of carbonyl (C=O) groups is 1. The van der Waals surface area contributed by atoms with E-state index < -0.39 is 16.4 Å². The van der Waals surface area contributed by atoms with Gasteiger partial charge < -0.3 is 5.32 Å². The van der Waals surface area contributed by atoms with Crippen LogP contribution in [-0.2, 0) is 4.79 Å². The van der Waals surface area contributed by atoms with Gasteiger partial charge in [-0.25, -0.2) is 0 Å². The molecule has 0 aliphatic heterocycles. The number of amides is 1. The predicted octanol–water partition coefficient (Wildman–Crippen LogP) is 2.72. The topological polar surface area (TPSA) is 72.2 Å². The SMILES string of the molecule is CC[C@H](C)C(=O)Nc1ccc(F)c([N+](=O)[O-])c1. The average Bonchev–Trinajstić information content (AvgIpc) is 2.30. The second-order valence-corrected chi connectivity index (χ2v) is 3.72. The summed E-state index contributed by atoms with van der Waals surface area (Å²) in [5.41, 5.74) is -0.421. The molecule has 0 bridgehead atoms. The largest absolute Gasteiger partial charge is 0.326 e. The third kappa shape index (κ3) is 3.24. The fraction of sp³-hybridized carbons (Fsp3) is 0.364. The predicted molar refractivity (Wildman–Crippen MR) is 61.1 cm³/mol. The number of hydrogen-bond acceptors (Lipinski definition) is 3. The van der Waals surface area contributed by atoms with E-state index in [1.54, 1.807) is 6.92 Å². The van der Waals surface area contributed by atoms with Crippen LogP contribution in [0.3, 0.4) is 0 Å². The first kappa shape index (κ1) is 13.1. The van der Waals surface area contributed by atoms with Gasteiger partial charge in [-0.1, -0.05) is 13.8 Å². The van der Waals surface area contributed by atoms with Gasteiger partial charge in [0.25, 0.3) is 0 Å². The molecule has 1 amide bonds. The summed E-state index contributed by atoms with van der Waals surface area (Å²) in [4.78, 5) is 21.2. The van der Waals surface area contributed by atoms with Gasteiger partial charge in [0.2, 0.25) is 11.7 Å². The van der Waals surface area contributed by atoms with Crippen LogP contribution in [0.4, 0.5) is 15.8 Å². The van der Waals surface area contributed by atoms with Crippen LogP contribution in [0.1, 0.15) is 20.3 Å². The lowest BCUT2D eigenvalue weighted by Crippen LogP contribution is -2.19. The number of benzene rings is 1. The molecule has 0 aromatic heterocycles. The Morgan fingerprint density at radius 2 is 2.24 bits per heavy atom. The van der Waals surface area contributed by atoms with Crippen molar-refractivity contribution in [2.24, 2.45) is 5.92 Å². The Bertz CT molecular complexity index is 448. The smallest absolute Gasteiger partial charge is 0.306 e. The minimum absolute atomic E-state index is 0.195. The molecule has 1 aromatic rings. The molecule has 0 unspecified atom stereocenters. The molecular weight excluding hydrogens is 227 g/mol. The molecule has 1 aromatic carbocycles. The molecule has 0 fully saturated rings. The number of nitrogens with zero attached hydrogens (tertiary/aromatic N) is 1. The van der Waals surface area contributed by atoms with Crippen molar-refractivity contribution in [2.75, 3.05) is 5.32 Å². The van der Waals surface area contributed by atoms with E-state index in [9.17, 15) is 19.3 Å². The van der Waals surface area contributed by atoms with Crippen molar-refractivity contribution in [3.05, 3.63) is 34.1 Å². The summed E-state index contributed by atoms with van der Waals surface area (Å²) in [5.74, 6) is -1.36. The van der Waals surface area contributed by atoms with Crippen LogP contribution in [0.25, 0.3) is 0 Å². The number of rotatable bonds is 4. The highest BCUT2D eigenvalue weighted by Gasteiger charge is 2.16. The van der Waals surface area contributed by atoms with Gasteiger partial charge in [-0.05, 0) is 18.6 Å². The molecule has 1 N–H and O–H groups in total. The molecule has 92 valence electrons. The lowest BCUT2D eigenvalue weighted by atomic mass is 10.1. The van der Waals surface area contributed by atoms with Crippen molar-refractivity contribution in [3.63, 3.8) is 0 Å². The van der Waals surface area contributed by atoms with E-state index in [-0.39, 0.29) is 17.5 Å². The zero-order valence-corrected chi connectivity index (χ0v) is 9.57. The lowest BCUT2D eigenvalue weighted by molar-refractivity contribution is -0.387. The highest BCUT2D eigenvalue weighted by Crippen LogP contribution is 2.22. The summed E-state index contributed by atoms with van der Waals surface area (Å²) < 4.78 is 13.0. The van der Waals surface area contributed by atoms with Crippen LogP contribution >= 0.6 is 0 Å². The van der Waals surface area contributed by atoms with Gasteiger partial charge in [0.05, 0.1) is 4.92 Å². The van der Waals surface area contributed by atoms with Gasteiger partial charge in [0.15, 0.2) is 0 Å². The highest BCUT2D eigenvalue weighted by atomic mass is 19.1. The molecule has 0 saturated heterocycles. The molecule has 0 heterocycles. The number of anilines is 1. The van der Waals surface area contributed by atoms with Gasteiger partial charge in [0.1, 0.15) is 0 Å². The second kappa shape index (κ2) is 5.38. The summed E-state index contributed by atoms with van der Waals surface area (Å²) in [5, 5.41) is 13.0. The summed E-state index contributed by atoms with van der Waals surface area (Å²) in [6.07, 6.45) is 0.662. The second-order valence-electron chi connectivity index (χ2n) is 3.72. The van der Waals surface area contributed by atoms with Crippen molar-refractivity contribution in [1.29, 1.82) is 0 Å². The Labute approximate surface area is 97.8 Å². The van der Waals surface area contributed by atoms with Crippen LogP contribution in [-0.4, -0.2) is 10.8 Å². The quantitative estimate of drug-likeness (QED) is 0.649. The average molecular weight is 240 g/mol. The Morgan fingerprint density at radius 1 is 1.59 bits per heavy atom. The van der Waals surface area contributed by atoms with Gasteiger partial charge in [-0.3, -0.25) is 14.9 Å². The fourth-order valence-electron chi connectivity index (χ4n) is 1.18. The van der Waals surface area contributed by atoms with Crippen LogP contribution in [0, 0.1) is 21.8 Å². The van der Waals surface area contributed by atoms with E-state index in [1.165, 1.54) is 6.07 Å². The van der Waals surface area contributed by atoms with E-state index in [0.717, 1.165) is 12.1 Å². The molecule has 0 radical (unpaired) electrons. The van der Waals surface area contributed by atoms with Crippen molar-refractivity contribution in [3.8, 4) is 0 Å². The maximum Gasteiger partial charge on any atom is 0.306 e. The minimum atomic E-state index is -0.920. The Kier molecular flexibility index (Phi) is 4.14. The molecule has 1 atom stereocenters. The minimum Gasteiger partial charge on any atom is -0.326 e. The van der Waals surface area contributed by atoms with Crippen molar-refractivity contribution in [2.45, 2.75) is 20.3 Å². The Balaban J connectivity index is 2.90. The van der Waals surface area contributed by atoms with Crippen molar-refractivity contribution in [1.82, 2.24) is 0 Å². The molecular formula is C11H13FN2O3. The maximum absolute atomic E-state index is 13.0. The summed E-state index contributed by atoms with van der Waals surface area (Å²) in [6.45, 7) is 3.60. The van der Waals surface area contributed by atoms with Crippen LogP contribution < -0.4 is 5.32 Å². The van der Waals surface area contributed by atoms with E-state index in [0.29, 0.717) is 6.42 Å². The van der Waals surface area contributed by atoms with Gasteiger partial charge >= 0.3 is 5.69 Å². The summed E-state index contributed by atoms with van der Waals surface area (Å²) in [7, 11) is 0. The van der Waals surface area contributed by atoms with Crippen LogP contribution in [0.5, 0.6) is 0 Å². The standard InChI is InChI=1S/C11H13FN2O3/c1-3-7(2)11(15)13-8-4-5-9(12)10(6-8)14(16)17/h4-7H,3H2,1-2H3,(H,13,15)/t7-/m0/s1. The first-order valence-electron chi connectivity index (χ1n) is 5.20. The fourth-order valence-corrected chi connectivity index (χ4v) is 1.18. The first-order chi connectivity index (χ1) is 7.95. The number of halogens is 1. The Hall–Kier alpha value is -1.98. The molecule has 0 spiro atoms. The molecule has 17 heavy (non-hydrogen) atoms. The lowest BCUT2D eigenvalue weighted by Gasteiger charge is -2.09. The van der Waals surface area contributed by atoms with Crippen molar-refractivity contribution < 1.29 is 14.1 Å². The normalized spacial score (nSPS) is 11.9. The monoisotopic (exact) mass is 240 g/mol. The number of hydrogen-bond donors (Lipinski definition) is 1. The maximum atomic E-state index is 13.0. The number of nitro groups is 1. The number of nitrogens with one attached hydrogen (secondary N) is 1. The van der Waals surface area contributed by atoms with E-state index in [2.05, 4.69) is 5.32 Å². The number of carbonyl (C=O) groups excluding carboxylic acids is 1. The summed E-state index contributed by atoms with van der Waals surface area (Å²) in [6, 6.07) is 3.27. The van der Waals surface area contributed by atoms with E-state index in [1.807, 2.05) is 6.92 Å². The summed E-state index contributed by atoms with van der Waals surface area (Å²) >= 11 is 0.